The van der Waals surface area contributed by atoms with Crippen molar-refractivity contribution >= 4 is 29.5 Å². The average Bonchev–Trinajstić information content (AvgIpc) is 3.57. The van der Waals surface area contributed by atoms with Gasteiger partial charge in [-0.2, -0.15) is 0 Å². The molecule has 1 aliphatic rings. The van der Waals surface area contributed by atoms with Gasteiger partial charge in [-0.3, -0.25) is 9.59 Å². The Morgan fingerprint density at radius 1 is 0.484 bits per heavy atom. The van der Waals surface area contributed by atoms with Crippen molar-refractivity contribution in [2.24, 2.45) is 0 Å². The van der Waals surface area contributed by atoms with Crippen molar-refractivity contribution in [3.8, 4) is 23.0 Å². The molecular weight excluding hydrogens is 809 g/mol. The topological polar surface area (TPSA) is 132 Å². The molecular formula is C54H60O10. The molecule has 1 unspecified atom stereocenters. The van der Waals surface area contributed by atoms with Gasteiger partial charge >= 0.3 is 17.9 Å². The Labute approximate surface area is 378 Å². The van der Waals surface area contributed by atoms with Crippen LogP contribution in [0.25, 0.3) is 0 Å². The summed E-state index contributed by atoms with van der Waals surface area (Å²) in [6, 6.07) is 51.2. The van der Waals surface area contributed by atoms with E-state index < -0.39 is 11.6 Å². The van der Waals surface area contributed by atoms with Crippen LogP contribution in [-0.4, -0.2) is 43.7 Å². The number of hydrogen-bond donors (Lipinski definition) is 0. The Morgan fingerprint density at radius 2 is 0.859 bits per heavy atom. The minimum Gasteiger partial charge on any atom is -0.497 e. The van der Waals surface area contributed by atoms with Crippen LogP contribution in [0.2, 0.25) is 0 Å². The summed E-state index contributed by atoms with van der Waals surface area (Å²) in [6.45, 7) is 15.1. The number of ether oxygens (including phenoxy) is 5. The van der Waals surface area contributed by atoms with Crippen LogP contribution in [0.3, 0.4) is 0 Å². The standard InChI is InChI=1S/C23H18O5.C13H18O3.2C6H6.2C3H6O/c1-15(24)27-19-13-9-17(10-14-19)23(16-7-11-18(26-2)12-8-16)21-6-4-3-5-20(21)22(25)28-23;1-9(14)16-10-6-7-12(15-5)11(8-10)13(2,3)4;2*1-2-4-6-5-3-1;2*1-3(2)4/h3-14H,1-2H3;6-8H,1-5H3;2*1-6H;2*1-2H3. The van der Waals surface area contributed by atoms with Gasteiger partial charge in [0.15, 0.2) is 5.60 Å². The smallest absolute Gasteiger partial charge is 0.340 e. The van der Waals surface area contributed by atoms with E-state index in [2.05, 4.69) is 20.8 Å². The zero-order chi connectivity index (χ0) is 47.7. The van der Waals surface area contributed by atoms with Gasteiger partial charge in [-0.25, -0.2) is 4.79 Å². The van der Waals surface area contributed by atoms with Crippen LogP contribution in [0.15, 0.2) is 164 Å². The number of rotatable bonds is 6. The van der Waals surface area contributed by atoms with E-state index in [4.69, 9.17) is 23.7 Å². The largest absolute Gasteiger partial charge is 0.497 e. The van der Waals surface area contributed by atoms with Crippen LogP contribution in [0, 0.1) is 0 Å². The third kappa shape index (κ3) is 17.9. The molecule has 0 aromatic heterocycles. The molecule has 0 aliphatic carbocycles. The van der Waals surface area contributed by atoms with Crippen LogP contribution in [-0.2, 0) is 34.9 Å². The van der Waals surface area contributed by atoms with Gasteiger partial charge in [-0.15, -0.1) is 0 Å². The number of hydrogen-bond acceptors (Lipinski definition) is 10. The lowest BCUT2D eigenvalue weighted by Gasteiger charge is -2.30. The van der Waals surface area contributed by atoms with Crippen molar-refractivity contribution < 1.29 is 47.7 Å². The molecule has 1 heterocycles. The summed E-state index contributed by atoms with van der Waals surface area (Å²) in [5.41, 5.74) is 2.73. The van der Waals surface area contributed by atoms with Crippen molar-refractivity contribution in [2.45, 2.75) is 73.3 Å². The molecule has 0 N–H and O–H groups in total. The maximum atomic E-state index is 12.6. The van der Waals surface area contributed by atoms with Gasteiger partial charge in [0.25, 0.3) is 0 Å². The maximum Gasteiger partial charge on any atom is 0.340 e. The zero-order valence-corrected chi connectivity index (χ0v) is 38.7. The molecule has 0 radical (unpaired) electrons. The Hall–Kier alpha value is -7.33. The first kappa shape index (κ1) is 52.8. The van der Waals surface area contributed by atoms with E-state index in [9.17, 15) is 24.0 Å². The predicted molar refractivity (Wildman–Crippen MR) is 251 cm³/mol. The lowest BCUT2D eigenvalue weighted by Crippen LogP contribution is -2.29. The highest BCUT2D eigenvalue weighted by Gasteiger charge is 2.48. The third-order valence-corrected chi connectivity index (χ3v) is 8.36. The molecule has 1 aliphatic heterocycles. The molecule has 1 atom stereocenters. The van der Waals surface area contributed by atoms with Crippen molar-refractivity contribution in [2.75, 3.05) is 14.2 Å². The summed E-state index contributed by atoms with van der Waals surface area (Å²) in [5.74, 6) is 1.75. The molecule has 6 aromatic carbocycles. The second-order valence-electron chi connectivity index (χ2n) is 15.3. The second-order valence-corrected chi connectivity index (χ2v) is 15.3. The normalized spacial score (nSPS) is 12.8. The fraction of sp³-hybridized carbons (Fsp3) is 0.241. The molecule has 0 spiro atoms. The van der Waals surface area contributed by atoms with E-state index in [0.29, 0.717) is 22.8 Å². The van der Waals surface area contributed by atoms with Gasteiger partial charge in [0.05, 0.1) is 19.8 Å². The molecule has 64 heavy (non-hydrogen) atoms. The molecule has 7 rings (SSSR count). The lowest BCUT2D eigenvalue weighted by molar-refractivity contribution is -0.132. The minimum absolute atomic E-state index is 0.0541. The summed E-state index contributed by atoms with van der Waals surface area (Å²) in [6.07, 6.45) is 0. The van der Waals surface area contributed by atoms with Gasteiger partial charge in [0.1, 0.15) is 34.6 Å². The monoisotopic (exact) mass is 868 g/mol. The number of benzene rings is 6. The summed E-state index contributed by atoms with van der Waals surface area (Å²) < 4.78 is 26.7. The number of ketones is 2. The maximum absolute atomic E-state index is 12.6. The van der Waals surface area contributed by atoms with E-state index >= 15 is 0 Å². The Balaban J connectivity index is 0.000000325. The highest BCUT2D eigenvalue weighted by molar-refractivity contribution is 5.96. The number of carbonyl (C=O) groups excluding carboxylic acids is 5. The van der Waals surface area contributed by atoms with Gasteiger partial charge in [-0.05, 0) is 81.6 Å². The van der Waals surface area contributed by atoms with E-state index in [1.807, 2.05) is 127 Å². The average molecular weight is 869 g/mol. The Morgan fingerprint density at radius 3 is 1.23 bits per heavy atom. The summed E-state index contributed by atoms with van der Waals surface area (Å²) in [5, 5.41) is 0. The quantitative estimate of drug-likeness (QED) is 0.118. The first-order chi connectivity index (χ1) is 30.3. The molecule has 0 saturated carbocycles. The number of Topliss-reactive ketones (excluding diaryl/α,β-unsaturated/α-hetero) is 2. The van der Waals surface area contributed by atoms with Crippen LogP contribution in [0.4, 0.5) is 0 Å². The van der Waals surface area contributed by atoms with Crippen LogP contribution in [0.5, 0.6) is 23.0 Å². The molecule has 10 heteroatoms. The summed E-state index contributed by atoms with van der Waals surface area (Å²) >= 11 is 0. The molecule has 0 fully saturated rings. The van der Waals surface area contributed by atoms with Crippen molar-refractivity contribution in [3.63, 3.8) is 0 Å². The van der Waals surface area contributed by atoms with Crippen molar-refractivity contribution in [3.05, 3.63) is 192 Å². The number of fused-ring (bicyclic) bond motifs is 1. The lowest BCUT2D eigenvalue weighted by atomic mass is 9.80. The fourth-order valence-electron chi connectivity index (χ4n) is 5.83. The number of carbonyl (C=O) groups is 5. The SMILES string of the molecule is CC(C)=O.CC(C)=O.COc1ccc(C2(c3ccc(OC(C)=O)cc3)OC(=O)c3ccccc32)cc1.COc1ccc(OC(C)=O)cc1C(C)(C)C.c1ccccc1.c1ccccc1. The van der Waals surface area contributed by atoms with Crippen molar-refractivity contribution in [1.29, 1.82) is 0 Å². The molecule has 0 amide bonds. The van der Waals surface area contributed by atoms with Gasteiger partial charge in [-0.1, -0.05) is 136 Å². The fourth-order valence-corrected chi connectivity index (χ4v) is 5.83. The first-order valence-corrected chi connectivity index (χ1v) is 20.4. The first-order valence-electron chi connectivity index (χ1n) is 20.4. The molecule has 6 aromatic rings. The summed E-state index contributed by atoms with van der Waals surface area (Å²) in [7, 11) is 3.24. The number of esters is 3. The van der Waals surface area contributed by atoms with Crippen molar-refractivity contribution in [1.82, 2.24) is 0 Å². The highest BCUT2D eigenvalue weighted by atomic mass is 16.6. The Kier molecular flexibility index (Phi) is 22.2. The van der Waals surface area contributed by atoms with Gasteiger partial charge < -0.3 is 33.3 Å². The third-order valence-electron chi connectivity index (χ3n) is 8.36. The van der Waals surface area contributed by atoms with E-state index in [1.54, 1.807) is 50.6 Å². The summed E-state index contributed by atoms with van der Waals surface area (Å²) in [4.78, 5) is 53.6. The number of methoxy groups -OCH3 is 2. The van der Waals surface area contributed by atoms with Crippen LogP contribution < -0.4 is 18.9 Å². The van der Waals surface area contributed by atoms with Gasteiger partial charge in [0, 0.05) is 36.1 Å². The molecule has 336 valence electrons. The Bertz CT molecular complexity index is 2240. The molecule has 10 nitrogen and oxygen atoms in total. The van der Waals surface area contributed by atoms with E-state index in [0.717, 1.165) is 28.0 Å². The van der Waals surface area contributed by atoms with Crippen LogP contribution >= 0.6 is 0 Å². The highest BCUT2D eigenvalue weighted by Crippen LogP contribution is 2.47. The van der Waals surface area contributed by atoms with E-state index in [-0.39, 0.29) is 28.9 Å². The zero-order valence-electron chi connectivity index (χ0n) is 38.7. The molecule has 0 saturated heterocycles. The second kappa shape index (κ2) is 26.9. The van der Waals surface area contributed by atoms with Gasteiger partial charge in [0.2, 0.25) is 0 Å². The minimum atomic E-state index is -1.09. The van der Waals surface area contributed by atoms with Crippen LogP contribution in [0.1, 0.15) is 94.9 Å². The number of cyclic esters (lactones) is 1. The predicted octanol–water partition coefficient (Wildman–Crippen LogP) is 11.6. The molecule has 0 bridgehead atoms. The van der Waals surface area contributed by atoms with E-state index in [1.165, 1.54) is 41.5 Å².